The summed E-state index contributed by atoms with van der Waals surface area (Å²) in [7, 11) is 0. The lowest BCUT2D eigenvalue weighted by Crippen LogP contribution is -2.41. The quantitative estimate of drug-likeness (QED) is 0.903. The van der Waals surface area contributed by atoms with E-state index in [0.717, 1.165) is 25.9 Å². The first kappa shape index (κ1) is 13.9. The molecule has 2 N–H and O–H groups in total. The number of amides is 1. The third-order valence-electron chi connectivity index (χ3n) is 3.65. The minimum atomic E-state index is -0.435. The Kier molecular flexibility index (Phi) is 4.43. The predicted octanol–water partition coefficient (Wildman–Crippen LogP) is 2.04. The summed E-state index contributed by atoms with van der Waals surface area (Å²) >= 11 is 0. The van der Waals surface area contributed by atoms with Gasteiger partial charge in [0.05, 0.1) is 5.56 Å². The van der Waals surface area contributed by atoms with E-state index in [9.17, 15) is 4.79 Å². The number of hydrogen-bond acceptors (Lipinski definition) is 3. The second-order valence-corrected chi connectivity index (χ2v) is 5.31. The molecule has 0 saturated carbocycles. The van der Waals surface area contributed by atoms with Crippen LogP contribution in [0, 0.1) is 0 Å². The molecule has 2 rings (SSSR count). The van der Waals surface area contributed by atoms with Gasteiger partial charge in [-0.1, -0.05) is 12.1 Å². The van der Waals surface area contributed by atoms with Crippen LogP contribution in [-0.2, 0) is 0 Å². The van der Waals surface area contributed by atoms with Gasteiger partial charge in [-0.05, 0) is 38.8 Å². The zero-order chi connectivity index (χ0) is 13.8. The Bertz CT molecular complexity index is 438. The van der Waals surface area contributed by atoms with Crippen molar-refractivity contribution in [3.8, 4) is 5.75 Å². The Morgan fingerprint density at radius 1 is 1.32 bits per heavy atom. The molecule has 0 atom stereocenters. The average molecular weight is 262 g/mol. The maximum atomic E-state index is 11.3. The van der Waals surface area contributed by atoms with Crippen LogP contribution in [0.3, 0.4) is 0 Å². The third kappa shape index (κ3) is 3.47. The molecule has 0 aliphatic carbocycles. The summed E-state index contributed by atoms with van der Waals surface area (Å²) in [6.07, 6.45) is 2.16. The van der Waals surface area contributed by atoms with Gasteiger partial charge in [-0.15, -0.1) is 0 Å². The van der Waals surface area contributed by atoms with E-state index < -0.39 is 5.91 Å². The van der Waals surface area contributed by atoms with Gasteiger partial charge in [0, 0.05) is 19.1 Å². The molecule has 0 aromatic heterocycles. The normalized spacial score (nSPS) is 17.6. The molecule has 1 aliphatic rings. The summed E-state index contributed by atoms with van der Waals surface area (Å²) in [5.74, 6) is 0.174. The summed E-state index contributed by atoms with van der Waals surface area (Å²) in [6.45, 7) is 6.51. The molecule has 104 valence electrons. The van der Waals surface area contributed by atoms with Crippen molar-refractivity contribution in [3.63, 3.8) is 0 Å². The van der Waals surface area contributed by atoms with Gasteiger partial charge >= 0.3 is 0 Å². The highest BCUT2D eigenvalue weighted by molar-refractivity contribution is 5.95. The number of benzene rings is 1. The van der Waals surface area contributed by atoms with Gasteiger partial charge < -0.3 is 15.4 Å². The maximum Gasteiger partial charge on any atom is 0.252 e. The molecule has 0 bridgehead atoms. The minimum Gasteiger partial charge on any atom is -0.489 e. The van der Waals surface area contributed by atoms with Crippen molar-refractivity contribution in [3.05, 3.63) is 29.8 Å². The molecular formula is C15H22N2O2. The molecule has 1 amide bonds. The highest BCUT2D eigenvalue weighted by Crippen LogP contribution is 2.23. The van der Waals surface area contributed by atoms with E-state index in [-0.39, 0.29) is 6.10 Å². The number of carbonyl (C=O) groups is 1. The summed E-state index contributed by atoms with van der Waals surface area (Å²) in [6, 6.07) is 7.77. The Labute approximate surface area is 114 Å². The van der Waals surface area contributed by atoms with Crippen LogP contribution in [0.2, 0.25) is 0 Å². The zero-order valence-corrected chi connectivity index (χ0v) is 11.6. The second kappa shape index (κ2) is 6.06. The summed E-state index contributed by atoms with van der Waals surface area (Å²) < 4.78 is 5.95. The van der Waals surface area contributed by atoms with Crippen LogP contribution in [0.4, 0.5) is 0 Å². The summed E-state index contributed by atoms with van der Waals surface area (Å²) in [4.78, 5) is 13.8. The first-order chi connectivity index (χ1) is 9.08. The van der Waals surface area contributed by atoms with E-state index in [4.69, 9.17) is 10.5 Å². The van der Waals surface area contributed by atoms with E-state index in [2.05, 4.69) is 18.7 Å². The lowest BCUT2D eigenvalue weighted by molar-refractivity contribution is 0.0822. The van der Waals surface area contributed by atoms with Gasteiger partial charge in [-0.25, -0.2) is 0 Å². The van der Waals surface area contributed by atoms with Crippen molar-refractivity contribution in [2.24, 2.45) is 5.73 Å². The lowest BCUT2D eigenvalue weighted by Gasteiger charge is -2.34. The number of rotatable bonds is 4. The number of nitrogens with two attached hydrogens (primary N) is 1. The first-order valence-corrected chi connectivity index (χ1v) is 6.87. The third-order valence-corrected chi connectivity index (χ3v) is 3.65. The van der Waals surface area contributed by atoms with Crippen molar-refractivity contribution in [1.82, 2.24) is 4.90 Å². The van der Waals surface area contributed by atoms with Crippen molar-refractivity contribution in [1.29, 1.82) is 0 Å². The number of carbonyl (C=O) groups excluding carboxylic acids is 1. The number of nitrogens with zero attached hydrogens (tertiary/aromatic N) is 1. The van der Waals surface area contributed by atoms with Crippen LogP contribution >= 0.6 is 0 Å². The molecule has 1 saturated heterocycles. The molecule has 1 aliphatic heterocycles. The molecule has 4 heteroatoms. The largest absolute Gasteiger partial charge is 0.489 e. The van der Waals surface area contributed by atoms with Crippen LogP contribution in [0.5, 0.6) is 5.75 Å². The summed E-state index contributed by atoms with van der Waals surface area (Å²) in [5.41, 5.74) is 5.82. The molecule has 0 unspecified atom stereocenters. The number of ether oxygens (including phenoxy) is 1. The Hall–Kier alpha value is -1.55. The minimum absolute atomic E-state index is 0.176. The number of hydrogen-bond donors (Lipinski definition) is 1. The fourth-order valence-electron chi connectivity index (χ4n) is 2.46. The van der Waals surface area contributed by atoms with Crippen LogP contribution in [0.1, 0.15) is 37.0 Å². The molecule has 1 heterocycles. The van der Waals surface area contributed by atoms with E-state index in [1.165, 1.54) is 0 Å². The van der Waals surface area contributed by atoms with Gasteiger partial charge in [0.1, 0.15) is 11.9 Å². The second-order valence-electron chi connectivity index (χ2n) is 5.31. The van der Waals surface area contributed by atoms with E-state index in [0.29, 0.717) is 17.4 Å². The number of piperidine rings is 1. The maximum absolute atomic E-state index is 11.3. The van der Waals surface area contributed by atoms with Crippen LogP contribution in [-0.4, -0.2) is 36.0 Å². The average Bonchev–Trinajstić information content (AvgIpc) is 2.39. The topological polar surface area (TPSA) is 55.6 Å². The summed E-state index contributed by atoms with van der Waals surface area (Å²) in [5, 5.41) is 0. The van der Waals surface area contributed by atoms with Crippen LogP contribution < -0.4 is 10.5 Å². The van der Waals surface area contributed by atoms with Crippen LogP contribution in [0.15, 0.2) is 24.3 Å². The Morgan fingerprint density at radius 2 is 1.95 bits per heavy atom. The smallest absolute Gasteiger partial charge is 0.252 e. The lowest BCUT2D eigenvalue weighted by atomic mass is 10.1. The predicted molar refractivity (Wildman–Crippen MR) is 75.3 cm³/mol. The number of primary amides is 1. The van der Waals surface area contributed by atoms with Crippen molar-refractivity contribution >= 4 is 5.91 Å². The Balaban J connectivity index is 1.98. The molecule has 0 spiro atoms. The standard InChI is InChI=1S/C15H22N2O2/c1-11(2)17-9-7-12(8-10-17)19-14-6-4-3-5-13(14)15(16)18/h3-6,11-12H,7-10H2,1-2H3,(H2,16,18). The van der Waals surface area contributed by atoms with Crippen molar-refractivity contribution < 1.29 is 9.53 Å². The zero-order valence-electron chi connectivity index (χ0n) is 11.6. The fraction of sp³-hybridized carbons (Fsp3) is 0.533. The van der Waals surface area contributed by atoms with Gasteiger partial charge in [0.15, 0.2) is 0 Å². The SMILES string of the molecule is CC(C)N1CCC(Oc2ccccc2C(N)=O)CC1. The van der Waals surface area contributed by atoms with E-state index >= 15 is 0 Å². The number of para-hydroxylation sites is 1. The first-order valence-electron chi connectivity index (χ1n) is 6.87. The molecular weight excluding hydrogens is 240 g/mol. The Morgan fingerprint density at radius 3 is 2.53 bits per heavy atom. The van der Waals surface area contributed by atoms with Crippen LogP contribution in [0.25, 0.3) is 0 Å². The van der Waals surface area contributed by atoms with E-state index in [1.807, 2.05) is 12.1 Å². The van der Waals surface area contributed by atoms with Gasteiger partial charge in [-0.3, -0.25) is 4.79 Å². The molecule has 1 aromatic rings. The van der Waals surface area contributed by atoms with E-state index in [1.54, 1.807) is 12.1 Å². The van der Waals surface area contributed by atoms with Gasteiger partial charge in [0.25, 0.3) is 5.91 Å². The fourth-order valence-corrected chi connectivity index (χ4v) is 2.46. The monoisotopic (exact) mass is 262 g/mol. The number of likely N-dealkylation sites (tertiary alicyclic amines) is 1. The van der Waals surface area contributed by atoms with Gasteiger partial charge in [-0.2, -0.15) is 0 Å². The molecule has 0 radical (unpaired) electrons. The highest BCUT2D eigenvalue weighted by Gasteiger charge is 2.23. The highest BCUT2D eigenvalue weighted by atomic mass is 16.5. The molecule has 1 fully saturated rings. The van der Waals surface area contributed by atoms with Gasteiger partial charge in [0.2, 0.25) is 0 Å². The van der Waals surface area contributed by atoms with Crippen molar-refractivity contribution in [2.75, 3.05) is 13.1 Å². The molecule has 4 nitrogen and oxygen atoms in total. The molecule has 1 aromatic carbocycles. The van der Waals surface area contributed by atoms with Crippen molar-refractivity contribution in [2.45, 2.75) is 38.8 Å². The molecule has 19 heavy (non-hydrogen) atoms.